The Hall–Kier alpha value is -3.15. The van der Waals surface area contributed by atoms with Crippen molar-refractivity contribution in [2.75, 3.05) is 23.4 Å². The number of hydrogen-bond donors (Lipinski definition) is 1. The molecule has 1 fully saturated rings. The van der Waals surface area contributed by atoms with Crippen molar-refractivity contribution in [3.8, 4) is 0 Å². The molecule has 1 N–H and O–H groups in total. The topological polar surface area (TPSA) is 75.7 Å². The number of carbonyl (C=O) groups is 3. The van der Waals surface area contributed by atoms with Crippen molar-refractivity contribution in [2.45, 2.75) is 33.6 Å². The van der Waals surface area contributed by atoms with Crippen LogP contribution in [0.15, 0.2) is 42.5 Å². The highest BCUT2D eigenvalue weighted by Crippen LogP contribution is 2.29. The third-order valence-corrected chi connectivity index (χ3v) is 5.35. The van der Waals surface area contributed by atoms with Crippen LogP contribution in [0.1, 0.15) is 30.0 Å². The Kier molecular flexibility index (Phi) is 6.32. The van der Waals surface area contributed by atoms with Crippen LogP contribution in [0.2, 0.25) is 0 Å². The second-order valence-electron chi connectivity index (χ2n) is 7.29. The van der Waals surface area contributed by atoms with E-state index >= 15 is 0 Å². The van der Waals surface area contributed by atoms with E-state index in [-0.39, 0.29) is 25.5 Å². The molecule has 1 atom stereocenters. The van der Waals surface area contributed by atoms with Gasteiger partial charge >= 0.3 is 5.97 Å². The van der Waals surface area contributed by atoms with Crippen molar-refractivity contribution in [1.82, 2.24) is 0 Å². The van der Waals surface area contributed by atoms with E-state index in [0.717, 1.165) is 28.8 Å². The first-order chi connectivity index (χ1) is 13.9. The minimum absolute atomic E-state index is 0.0927. The average Bonchev–Trinajstić information content (AvgIpc) is 3.11. The number of ether oxygens (including phenoxy) is 1. The lowest BCUT2D eigenvalue weighted by atomic mass is 10.1. The van der Waals surface area contributed by atoms with Crippen LogP contribution in [-0.2, 0) is 25.5 Å². The van der Waals surface area contributed by atoms with Crippen LogP contribution < -0.4 is 10.2 Å². The van der Waals surface area contributed by atoms with E-state index in [0.29, 0.717) is 5.69 Å². The van der Waals surface area contributed by atoms with Gasteiger partial charge in [0, 0.05) is 24.3 Å². The lowest BCUT2D eigenvalue weighted by molar-refractivity contribution is -0.151. The normalized spacial score (nSPS) is 16.0. The van der Waals surface area contributed by atoms with Crippen molar-refractivity contribution >= 4 is 29.2 Å². The molecule has 3 rings (SSSR count). The van der Waals surface area contributed by atoms with Crippen molar-refractivity contribution in [3.05, 3.63) is 59.2 Å². The minimum atomic E-state index is -0.569. The van der Waals surface area contributed by atoms with E-state index in [4.69, 9.17) is 4.74 Å². The van der Waals surface area contributed by atoms with Gasteiger partial charge in [0.2, 0.25) is 5.91 Å². The van der Waals surface area contributed by atoms with Gasteiger partial charge in [-0.1, -0.05) is 37.3 Å². The van der Waals surface area contributed by atoms with Gasteiger partial charge in [0.1, 0.15) is 0 Å². The van der Waals surface area contributed by atoms with Crippen molar-refractivity contribution in [3.63, 3.8) is 0 Å². The predicted octanol–water partition coefficient (Wildman–Crippen LogP) is 3.40. The van der Waals surface area contributed by atoms with Gasteiger partial charge in [-0.05, 0) is 49.1 Å². The SMILES string of the molecule is CCc1ccccc1N1C[C@@H](C(=O)OCC(=O)Nc2cccc(C)c2C)CC1=O. The Morgan fingerprint density at radius 3 is 2.66 bits per heavy atom. The smallest absolute Gasteiger partial charge is 0.311 e. The van der Waals surface area contributed by atoms with Crippen molar-refractivity contribution in [2.24, 2.45) is 5.92 Å². The molecule has 2 aromatic carbocycles. The number of amides is 2. The van der Waals surface area contributed by atoms with Gasteiger partial charge in [-0.2, -0.15) is 0 Å². The zero-order chi connectivity index (χ0) is 21.0. The molecule has 0 saturated carbocycles. The number of para-hydroxylation sites is 1. The third-order valence-electron chi connectivity index (χ3n) is 5.35. The Bertz CT molecular complexity index is 938. The summed E-state index contributed by atoms with van der Waals surface area (Å²) in [5, 5.41) is 2.76. The molecule has 0 radical (unpaired) electrons. The zero-order valence-corrected chi connectivity index (χ0v) is 17.0. The van der Waals surface area contributed by atoms with Crippen LogP contribution in [0.25, 0.3) is 0 Å². The molecule has 2 aromatic rings. The number of carbonyl (C=O) groups excluding carboxylic acids is 3. The maximum absolute atomic E-state index is 12.4. The first kappa shape index (κ1) is 20.6. The number of nitrogens with zero attached hydrogens (tertiary/aromatic N) is 1. The van der Waals surface area contributed by atoms with Crippen LogP contribution in [0.5, 0.6) is 0 Å². The maximum atomic E-state index is 12.4. The molecule has 6 heteroatoms. The first-order valence-corrected chi connectivity index (χ1v) is 9.81. The Labute approximate surface area is 170 Å². The Morgan fingerprint density at radius 1 is 1.14 bits per heavy atom. The second kappa shape index (κ2) is 8.90. The summed E-state index contributed by atoms with van der Waals surface area (Å²) in [4.78, 5) is 38.7. The van der Waals surface area contributed by atoms with Crippen LogP contribution in [0.4, 0.5) is 11.4 Å². The number of esters is 1. The molecular formula is C23H26N2O4. The summed E-state index contributed by atoms with van der Waals surface area (Å²) in [6.45, 7) is 5.81. The van der Waals surface area contributed by atoms with Crippen LogP contribution >= 0.6 is 0 Å². The number of anilines is 2. The number of rotatable bonds is 6. The van der Waals surface area contributed by atoms with E-state index in [1.807, 2.05) is 57.2 Å². The quantitative estimate of drug-likeness (QED) is 0.762. The standard InChI is InChI=1S/C23H26N2O4/c1-4-17-9-5-6-11-20(17)25-13-18(12-22(25)27)23(28)29-14-21(26)24-19-10-7-8-15(2)16(19)3/h5-11,18H,4,12-14H2,1-3H3,(H,24,26)/t18-/m0/s1. The number of aryl methyl sites for hydroxylation is 2. The fourth-order valence-corrected chi connectivity index (χ4v) is 3.50. The summed E-state index contributed by atoms with van der Waals surface area (Å²) in [7, 11) is 0. The summed E-state index contributed by atoms with van der Waals surface area (Å²) in [6.07, 6.45) is 0.892. The molecule has 6 nitrogen and oxygen atoms in total. The Morgan fingerprint density at radius 2 is 1.90 bits per heavy atom. The zero-order valence-electron chi connectivity index (χ0n) is 17.0. The summed E-state index contributed by atoms with van der Waals surface area (Å²) in [6, 6.07) is 13.3. The molecule has 1 heterocycles. The molecule has 0 bridgehead atoms. The average molecular weight is 394 g/mol. The van der Waals surface area contributed by atoms with Crippen LogP contribution in [0.3, 0.4) is 0 Å². The predicted molar refractivity (Wildman–Crippen MR) is 112 cm³/mol. The molecule has 1 saturated heterocycles. The first-order valence-electron chi connectivity index (χ1n) is 9.81. The summed E-state index contributed by atoms with van der Waals surface area (Å²) in [5.74, 6) is -1.59. The van der Waals surface area contributed by atoms with E-state index < -0.39 is 17.8 Å². The van der Waals surface area contributed by atoms with Gasteiger partial charge in [-0.3, -0.25) is 14.4 Å². The second-order valence-corrected chi connectivity index (χ2v) is 7.29. The lowest BCUT2D eigenvalue weighted by Crippen LogP contribution is -2.28. The van der Waals surface area contributed by atoms with Gasteiger partial charge in [-0.15, -0.1) is 0 Å². The highest BCUT2D eigenvalue weighted by atomic mass is 16.5. The molecule has 2 amide bonds. The molecule has 1 aliphatic rings. The van der Waals surface area contributed by atoms with Crippen molar-refractivity contribution < 1.29 is 19.1 Å². The van der Waals surface area contributed by atoms with Crippen LogP contribution in [0, 0.1) is 19.8 Å². The highest BCUT2D eigenvalue weighted by Gasteiger charge is 2.37. The molecule has 29 heavy (non-hydrogen) atoms. The molecule has 1 aliphatic heterocycles. The van der Waals surface area contributed by atoms with E-state index in [9.17, 15) is 14.4 Å². The lowest BCUT2D eigenvalue weighted by Gasteiger charge is -2.19. The van der Waals surface area contributed by atoms with E-state index in [2.05, 4.69) is 5.32 Å². The van der Waals surface area contributed by atoms with Gasteiger partial charge in [0.15, 0.2) is 6.61 Å². The minimum Gasteiger partial charge on any atom is -0.455 e. The van der Waals surface area contributed by atoms with E-state index in [1.54, 1.807) is 11.0 Å². The summed E-state index contributed by atoms with van der Waals surface area (Å²) in [5.41, 5.74) is 4.63. The van der Waals surface area contributed by atoms with Gasteiger partial charge in [0.05, 0.1) is 5.92 Å². The molecule has 0 aliphatic carbocycles. The van der Waals surface area contributed by atoms with Gasteiger partial charge in [0.25, 0.3) is 5.91 Å². The van der Waals surface area contributed by atoms with Gasteiger partial charge < -0.3 is 15.0 Å². The number of hydrogen-bond acceptors (Lipinski definition) is 4. The van der Waals surface area contributed by atoms with Crippen LogP contribution in [-0.4, -0.2) is 30.9 Å². The fourth-order valence-electron chi connectivity index (χ4n) is 3.50. The molecular weight excluding hydrogens is 368 g/mol. The van der Waals surface area contributed by atoms with Crippen molar-refractivity contribution in [1.29, 1.82) is 0 Å². The molecule has 0 spiro atoms. The number of nitrogens with one attached hydrogen (secondary N) is 1. The molecule has 0 aromatic heterocycles. The van der Waals surface area contributed by atoms with E-state index in [1.165, 1.54) is 0 Å². The largest absolute Gasteiger partial charge is 0.455 e. The monoisotopic (exact) mass is 394 g/mol. The van der Waals surface area contributed by atoms with Gasteiger partial charge in [-0.25, -0.2) is 0 Å². The molecule has 0 unspecified atom stereocenters. The number of benzene rings is 2. The summed E-state index contributed by atoms with van der Waals surface area (Å²) >= 11 is 0. The molecule has 152 valence electrons. The Balaban J connectivity index is 1.57. The maximum Gasteiger partial charge on any atom is 0.311 e. The summed E-state index contributed by atoms with van der Waals surface area (Å²) < 4.78 is 5.19. The third kappa shape index (κ3) is 4.65. The highest BCUT2D eigenvalue weighted by molar-refractivity contribution is 6.00. The fraction of sp³-hybridized carbons (Fsp3) is 0.348.